The van der Waals surface area contributed by atoms with E-state index in [1.807, 2.05) is 24.3 Å². The van der Waals surface area contributed by atoms with Crippen molar-refractivity contribution < 1.29 is 23.1 Å². The number of fused-ring (bicyclic) bond motifs is 1. The number of carbonyl (C=O) groups is 2. The molecule has 1 amide bonds. The van der Waals surface area contributed by atoms with Crippen LogP contribution in [0.1, 0.15) is 18.4 Å². The lowest BCUT2D eigenvalue weighted by atomic mass is 10.1. The number of amidine groups is 1. The molecule has 0 radical (unpaired) electrons. The number of sulfonamides is 1. The van der Waals surface area contributed by atoms with Crippen LogP contribution in [0.2, 0.25) is 0 Å². The van der Waals surface area contributed by atoms with E-state index in [0.29, 0.717) is 26.2 Å². The monoisotopic (exact) mass is 549 g/mol. The van der Waals surface area contributed by atoms with Crippen LogP contribution < -0.4 is 14.9 Å². The normalized spacial score (nSPS) is 16.6. The minimum atomic E-state index is -4.09. The lowest BCUT2D eigenvalue weighted by Crippen LogP contribution is -2.49. The molecule has 2 aliphatic heterocycles. The SMILES string of the molecule is O=C(O)C(CCC(=O)N1CCN(c2ccc(C3=NCCN3)cc2)CC1)NS(=O)(=O)c1ccc2ccccc2c1. The van der Waals surface area contributed by atoms with Crippen LogP contribution in [0, 0.1) is 0 Å². The number of anilines is 1. The zero-order chi connectivity index (χ0) is 27.4. The van der Waals surface area contributed by atoms with E-state index in [1.165, 1.54) is 12.1 Å². The molecule has 204 valence electrons. The average molecular weight is 550 g/mol. The summed E-state index contributed by atoms with van der Waals surface area (Å²) in [5, 5.41) is 14.5. The van der Waals surface area contributed by atoms with Crippen LogP contribution in [-0.4, -0.2) is 81.4 Å². The summed E-state index contributed by atoms with van der Waals surface area (Å²) in [5.74, 6) is -0.596. The molecule has 0 bridgehead atoms. The number of carboxylic acid groups (broad SMARTS) is 1. The first-order valence-electron chi connectivity index (χ1n) is 13.0. The summed E-state index contributed by atoms with van der Waals surface area (Å²) < 4.78 is 28.1. The van der Waals surface area contributed by atoms with Gasteiger partial charge in [0.15, 0.2) is 0 Å². The number of nitrogens with one attached hydrogen (secondary N) is 2. The number of carbonyl (C=O) groups excluding carboxylic acids is 1. The van der Waals surface area contributed by atoms with E-state index in [1.54, 1.807) is 23.1 Å². The summed E-state index contributed by atoms with van der Waals surface area (Å²) >= 11 is 0. The van der Waals surface area contributed by atoms with E-state index in [-0.39, 0.29) is 23.6 Å². The Morgan fingerprint density at radius 3 is 2.36 bits per heavy atom. The summed E-state index contributed by atoms with van der Waals surface area (Å²) in [5.41, 5.74) is 2.12. The van der Waals surface area contributed by atoms with Gasteiger partial charge in [-0.3, -0.25) is 14.6 Å². The molecule has 1 atom stereocenters. The second kappa shape index (κ2) is 11.4. The van der Waals surface area contributed by atoms with Gasteiger partial charge in [0.05, 0.1) is 11.4 Å². The molecule has 0 aliphatic carbocycles. The molecule has 2 heterocycles. The number of nitrogens with zero attached hydrogens (tertiary/aromatic N) is 3. The molecule has 0 aromatic heterocycles. The minimum absolute atomic E-state index is 0.0181. The van der Waals surface area contributed by atoms with Crippen LogP contribution in [0.5, 0.6) is 0 Å². The van der Waals surface area contributed by atoms with E-state index in [9.17, 15) is 23.1 Å². The van der Waals surface area contributed by atoms with Crippen LogP contribution >= 0.6 is 0 Å². The van der Waals surface area contributed by atoms with Crippen molar-refractivity contribution in [1.29, 1.82) is 0 Å². The minimum Gasteiger partial charge on any atom is -0.480 e. The molecule has 3 aromatic carbocycles. The van der Waals surface area contributed by atoms with Crippen LogP contribution in [0.15, 0.2) is 76.6 Å². The van der Waals surface area contributed by atoms with Gasteiger partial charge in [-0.25, -0.2) is 8.42 Å². The van der Waals surface area contributed by atoms with Crippen molar-refractivity contribution in [3.8, 4) is 0 Å². The number of hydrogen-bond acceptors (Lipinski definition) is 7. The number of piperazine rings is 1. The molecule has 0 saturated carbocycles. The first-order chi connectivity index (χ1) is 18.8. The molecule has 3 N–H and O–H groups in total. The number of aliphatic carboxylic acids is 1. The highest BCUT2D eigenvalue weighted by molar-refractivity contribution is 7.89. The van der Waals surface area contributed by atoms with Crippen molar-refractivity contribution >= 4 is 44.2 Å². The maximum absolute atomic E-state index is 12.9. The standard InChI is InChI=1S/C28H31N5O5S/c34-26(33-17-15-32(16-18-33)23-8-5-21(6-9-23)27-29-13-14-30-27)12-11-25(28(35)36)31-39(37,38)24-10-7-20-3-1-2-4-22(20)19-24/h1-10,19,25,31H,11-18H2,(H,29,30)(H,35,36). The van der Waals surface area contributed by atoms with Crippen LogP contribution in [0.4, 0.5) is 5.69 Å². The number of rotatable bonds is 9. The Morgan fingerprint density at radius 1 is 0.974 bits per heavy atom. The molecule has 5 rings (SSSR count). The average Bonchev–Trinajstić information content (AvgIpc) is 3.50. The van der Waals surface area contributed by atoms with E-state index in [4.69, 9.17) is 0 Å². The van der Waals surface area contributed by atoms with Crippen molar-refractivity contribution in [3.05, 3.63) is 72.3 Å². The highest BCUT2D eigenvalue weighted by Crippen LogP contribution is 2.21. The summed E-state index contributed by atoms with van der Waals surface area (Å²) in [6.07, 6.45) is -0.207. The van der Waals surface area contributed by atoms with E-state index in [2.05, 4.69) is 32.1 Å². The molecule has 1 fully saturated rings. The summed E-state index contributed by atoms with van der Waals surface area (Å²) in [6, 6.07) is 18.7. The van der Waals surface area contributed by atoms with E-state index < -0.39 is 22.0 Å². The van der Waals surface area contributed by atoms with Crippen molar-refractivity contribution in [2.45, 2.75) is 23.8 Å². The molecule has 1 unspecified atom stereocenters. The number of benzene rings is 3. The molecule has 0 spiro atoms. The van der Waals surface area contributed by atoms with Gasteiger partial charge in [-0.2, -0.15) is 4.72 Å². The van der Waals surface area contributed by atoms with Crippen molar-refractivity contribution in [1.82, 2.24) is 14.9 Å². The molecular formula is C28H31N5O5S. The Kier molecular flexibility index (Phi) is 7.80. The second-order valence-corrected chi connectivity index (χ2v) is 11.3. The zero-order valence-electron chi connectivity index (χ0n) is 21.4. The second-order valence-electron chi connectivity index (χ2n) is 9.63. The lowest BCUT2D eigenvalue weighted by molar-refractivity contribution is -0.139. The third-order valence-electron chi connectivity index (χ3n) is 7.09. The van der Waals surface area contributed by atoms with E-state index >= 15 is 0 Å². The maximum atomic E-state index is 12.9. The maximum Gasteiger partial charge on any atom is 0.321 e. The molecule has 11 heteroatoms. The first-order valence-corrected chi connectivity index (χ1v) is 14.4. The van der Waals surface area contributed by atoms with E-state index in [0.717, 1.165) is 40.9 Å². The molecule has 3 aromatic rings. The highest BCUT2D eigenvalue weighted by atomic mass is 32.2. The smallest absolute Gasteiger partial charge is 0.321 e. The quantitative estimate of drug-likeness (QED) is 0.372. The Bertz CT molecular complexity index is 1500. The third-order valence-corrected chi connectivity index (χ3v) is 8.56. The van der Waals surface area contributed by atoms with Gasteiger partial charge in [0.1, 0.15) is 11.9 Å². The van der Waals surface area contributed by atoms with Crippen molar-refractivity contribution in [3.63, 3.8) is 0 Å². The van der Waals surface area contributed by atoms with Gasteiger partial charge in [-0.05, 0) is 53.6 Å². The van der Waals surface area contributed by atoms with Gasteiger partial charge < -0.3 is 20.2 Å². The summed E-state index contributed by atoms with van der Waals surface area (Å²) in [4.78, 5) is 33.0. The molecule has 39 heavy (non-hydrogen) atoms. The predicted octanol–water partition coefficient (Wildman–Crippen LogP) is 2.05. The van der Waals surface area contributed by atoms with Crippen LogP contribution in [0.25, 0.3) is 10.8 Å². The Labute approximate surface area is 227 Å². The number of aliphatic imine (C=N–C) groups is 1. The van der Waals surface area contributed by atoms with Crippen molar-refractivity contribution in [2.24, 2.45) is 4.99 Å². The Hall–Kier alpha value is -3.96. The molecule has 10 nitrogen and oxygen atoms in total. The molecular weight excluding hydrogens is 518 g/mol. The van der Waals surface area contributed by atoms with Gasteiger partial charge in [-0.1, -0.05) is 30.3 Å². The highest BCUT2D eigenvalue weighted by Gasteiger charge is 2.28. The van der Waals surface area contributed by atoms with Gasteiger partial charge in [-0.15, -0.1) is 0 Å². The third kappa shape index (κ3) is 6.21. The Morgan fingerprint density at radius 2 is 1.69 bits per heavy atom. The first kappa shape index (κ1) is 26.6. The van der Waals surface area contributed by atoms with Gasteiger partial charge in [0.25, 0.3) is 0 Å². The fourth-order valence-corrected chi connectivity index (χ4v) is 6.14. The lowest BCUT2D eigenvalue weighted by Gasteiger charge is -2.36. The fraction of sp³-hybridized carbons (Fsp3) is 0.321. The van der Waals surface area contributed by atoms with Gasteiger partial charge >= 0.3 is 5.97 Å². The zero-order valence-corrected chi connectivity index (χ0v) is 22.2. The van der Waals surface area contributed by atoms with Crippen LogP contribution in [0.3, 0.4) is 0 Å². The molecule has 1 saturated heterocycles. The number of carboxylic acids is 1. The largest absolute Gasteiger partial charge is 0.480 e. The number of amides is 1. The predicted molar refractivity (Wildman–Crippen MR) is 150 cm³/mol. The Balaban J connectivity index is 1.14. The topological polar surface area (TPSA) is 131 Å². The number of hydrogen-bond donors (Lipinski definition) is 3. The van der Waals surface area contributed by atoms with Crippen LogP contribution in [-0.2, 0) is 19.6 Å². The van der Waals surface area contributed by atoms with Gasteiger partial charge in [0, 0.05) is 50.4 Å². The van der Waals surface area contributed by atoms with Gasteiger partial charge in [0.2, 0.25) is 15.9 Å². The summed E-state index contributed by atoms with van der Waals surface area (Å²) in [6.45, 7) is 3.97. The fourth-order valence-electron chi connectivity index (χ4n) is 4.88. The molecule has 2 aliphatic rings. The summed E-state index contributed by atoms with van der Waals surface area (Å²) in [7, 11) is -4.09. The van der Waals surface area contributed by atoms with Crippen molar-refractivity contribution in [2.75, 3.05) is 44.2 Å².